The molecule has 0 amide bonds. The van der Waals surface area contributed by atoms with E-state index in [0.717, 1.165) is 13.1 Å². The molecule has 0 aromatic carbocycles. The predicted octanol–water partition coefficient (Wildman–Crippen LogP) is -1.66. The minimum atomic E-state index is 0.495. The SMILES string of the molecule is CN=C(NN)NC1CN(C)C1. The van der Waals surface area contributed by atoms with Crippen LogP contribution in [0.15, 0.2) is 4.99 Å². The molecule has 0 unspecified atom stereocenters. The lowest BCUT2D eigenvalue weighted by Crippen LogP contribution is -2.60. The molecule has 1 saturated heterocycles. The molecule has 0 aliphatic carbocycles. The highest BCUT2D eigenvalue weighted by Gasteiger charge is 2.23. The first kappa shape index (κ1) is 8.29. The van der Waals surface area contributed by atoms with Gasteiger partial charge in [0.05, 0.1) is 6.04 Å². The fourth-order valence-corrected chi connectivity index (χ4v) is 1.15. The van der Waals surface area contributed by atoms with Crippen molar-refractivity contribution in [3.05, 3.63) is 0 Å². The Hall–Kier alpha value is -0.810. The van der Waals surface area contributed by atoms with E-state index >= 15 is 0 Å². The smallest absolute Gasteiger partial charge is 0.205 e. The first-order valence-electron chi connectivity index (χ1n) is 3.64. The summed E-state index contributed by atoms with van der Waals surface area (Å²) in [5.74, 6) is 5.84. The van der Waals surface area contributed by atoms with Crippen LogP contribution >= 0.6 is 0 Å². The van der Waals surface area contributed by atoms with Crippen molar-refractivity contribution in [2.24, 2.45) is 10.8 Å². The molecule has 0 atom stereocenters. The Kier molecular flexibility index (Phi) is 2.67. The van der Waals surface area contributed by atoms with Crippen LogP contribution in [-0.2, 0) is 0 Å². The second-order valence-electron chi connectivity index (χ2n) is 2.78. The number of nitrogens with zero attached hydrogens (tertiary/aromatic N) is 2. The summed E-state index contributed by atoms with van der Waals surface area (Å²) in [6.45, 7) is 2.11. The molecule has 0 saturated carbocycles. The van der Waals surface area contributed by atoms with E-state index in [4.69, 9.17) is 5.84 Å². The summed E-state index contributed by atoms with van der Waals surface area (Å²) in [7, 11) is 3.78. The van der Waals surface area contributed by atoms with Crippen LogP contribution in [0.3, 0.4) is 0 Å². The first-order valence-corrected chi connectivity index (χ1v) is 3.64. The molecule has 0 aromatic rings. The Balaban J connectivity index is 2.20. The van der Waals surface area contributed by atoms with Crippen LogP contribution in [0.25, 0.3) is 0 Å². The molecule has 5 nitrogen and oxygen atoms in total. The van der Waals surface area contributed by atoms with E-state index in [-0.39, 0.29) is 0 Å². The number of hydrazine groups is 1. The van der Waals surface area contributed by atoms with Crippen LogP contribution in [0, 0.1) is 0 Å². The maximum absolute atomic E-state index is 5.19. The quantitative estimate of drug-likeness (QED) is 0.184. The number of hydrogen-bond acceptors (Lipinski definition) is 3. The van der Waals surface area contributed by atoms with E-state index in [1.54, 1.807) is 7.05 Å². The molecule has 64 valence electrons. The Morgan fingerprint density at radius 3 is 2.64 bits per heavy atom. The van der Waals surface area contributed by atoms with E-state index in [1.807, 2.05) is 0 Å². The summed E-state index contributed by atoms with van der Waals surface area (Å²) in [5, 5.41) is 3.16. The molecule has 1 rings (SSSR count). The molecule has 0 aromatic heterocycles. The van der Waals surface area contributed by atoms with Crippen molar-refractivity contribution < 1.29 is 0 Å². The zero-order valence-electron chi connectivity index (χ0n) is 6.96. The van der Waals surface area contributed by atoms with Gasteiger partial charge in [-0.25, -0.2) is 5.84 Å². The summed E-state index contributed by atoms with van der Waals surface area (Å²) in [6.07, 6.45) is 0. The van der Waals surface area contributed by atoms with Crippen LogP contribution in [0.2, 0.25) is 0 Å². The Labute approximate surface area is 66.6 Å². The van der Waals surface area contributed by atoms with Crippen molar-refractivity contribution in [1.82, 2.24) is 15.6 Å². The zero-order valence-corrected chi connectivity index (χ0v) is 6.96. The molecule has 5 heteroatoms. The summed E-state index contributed by atoms with van der Waals surface area (Å²) in [4.78, 5) is 6.13. The van der Waals surface area contributed by atoms with Gasteiger partial charge in [0, 0.05) is 20.1 Å². The molecule has 0 radical (unpaired) electrons. The third-order valence-electron chi connectivity index (χ3n) is 1.77. The largest absolute Gasteiger partial charge is 0.350 e. The highest BCUT2D eigenvalue weighted by atomic mass is 15.4. The van der Waals surface area contributed by atoms with E-state index in [0.29, 0.717) is 12.0 Å². The number of likely N-dealkylation sites (N-methyl/N-ethyl adjacent to an activating group) is 1. The van der Waals surface area contributed by atoms with Crippen molar-refractivity contribution >= 4 is 5.96 Å². The average molecular weight is 157 g/mol. The lowest BCUT2D eigenvalue weighted by Gasteiger charge is -2.37. The summed E-state index contributed by atoms with van der Waals surface area (Å²) in [6, 6.07) is 0.495. The van der Waals surface area contributed by atoms with Crippen molar-refractivity contribution in [2.45, 2.75) is 6.04 Å². The van der Waals surface area contributed by atoms with Crippen LogP contribution in [0.1, 0.15) is 0 Å². The van der Waals surface area contributed by atoms with Gasteiger partial charge in [-0.1, -0.05) is 0 Å². The van der Waals surface area contributed by atoms with Crippen LogP contribution in [0.5, 0.6) is 0 Å². The fourth-order valence-electron chi connectivity index (χ4n) is 1.15. The summed E-state index contributed by atoms with van der Waals surface area (Å²) >= 11 is 0. The number of nitrogens with two attached hydrogens (primary N) is 1. The molecule has 1 fully saturated rings. The topological polar surface area (TPSA) is 65.7 Å². The Bertz CT molecular complexity index is 149. The molecule has 11 heavy (non-hydrogen) atoms. The lowest BCUT2D eigenvalue weighted by atomic mass is 10.1. The molecule has 4 N–H and O–H groups in total. The number of likely N-dealkylation sites (tertiary alicyclic amines) is 1. The van der Waals surface area contributed by atoms with Crippen molar-refractivity contribution in [1.29, 1.82) is 0 Å². The monoisotopic (exact) mass is 157 g/mol. The molecular weight excluding hydrogens is 142 g/mol. The van der Waals surface area contributed by atoms with Gasteiger partial charge in [-0.05, 0) is 7.05 Å². The second-order valence-corrected chi connectivity index (χ2v) is 2.78. The molecule has 1 heterocycles. The van der Waals surface area contributed by atoms with Crippen LogP contribution in [0.4, 0.5) is 0 Å². The van der Waals surface area contributed by atoms with Gasteiger partial charge >= 0.3 is 0 Å². The highest BCUT2D eigenvalue weighted by molar-refractivity contribution is 5.79. The maximum atomic E-state index is 5.19. The molecule has 1 aliphatic heterocycles. The third kappa shape index (κ3) is 2.06. The van der Waals surface area contributed by atoms with E-state index < -0.39 is 0 Å². The molecule has 1 aliphatic rings. The standard InChI is InChI=1S/C6H15N5/c1-8-6(10-7)9-5-3-11(2)4-5/h5H,3-4,7H2,1-2H3,(H2,8,9,10). The van der Waals surface area contributed by atoms with E-state index in [9.17, 15) is 0 Å². The van der Waals surface area contributed by atoms with Crippen LogP contribution < -0.4 is 16.6 Å². The van der Waals surface area contributed by atoms with E-state index in [2.05, 4.69) is 27.7 Å². The second kappa shape index (κ2) is 3.54. The summed E-state index contributed by atoms with van der Waals surface area (Å²) in [5.41, 5.74) is 2.49. The molecular formula is C6H15N5. The first-order chi connectivity index (χ1) is 5.26. The van der Waals surface area contributed by atoms with Gasteiger partial charge in [0.25, 0.3) is 0 Å². The lowest BCUT2D eigenvalue weighted by molar-refractivity contribution is 0.177. The van der Waals surface area contributed by atoms with Crippen LogP contribution in [-0.4, -0.2) is 44.1 Å². The van der Waals surface area contributed by atoms with Gasteiger partial charge in [-0.3, -0.25) is 10.4 Å². The number of hydrogen-bond donors (Lipinski definition) is 3. The third-order valence-corrected chi connectivity index (χ3v) is 1.77. The maximum Gasteiger partial charge on any atom is 0.205 e. The minimum absolute atomic E-state index is 0.495. The van der Waals surface area contributed by atoms with Gasteiger partial charge in [0.1, 0.15) is 0 Å². The predicted molar refractivity (Wildman–Crippen MR) is 45.1 cm³/mol. The Morgan fingerprint density at radius 2 is 2.27 bits per heavy atom. The highest BCUT2D eigenvalue weighted by Crippen LogP contribution is 2.02. The van der Waals surface area contributed by atoms with Crippen molar-refractivity contribution in [2.75, 3.05) is 27.2 Å². The number of guanidine groups is 1. The molecule has 0 bridgehead atoms. The number of aliphatic imine (C=N–C) groups is 1. The van der Waals surface area contributed by atoms with Crippen molar-refractivity contribution in [3.8, 4) is 0 Å². The fraction of sp³-hybridized carbons (Fsp3) is 0.833. The molecule has 0 spiro atoms. The Morgan fingerprint density at radius 1 is 1.64 bits per heavy atom. The van der Waals surface area contributed by atoms with Gasteiger partial charge in [-0.15, -0.1) is 0 Å². The average Bonchev–Trinajstić information content (AvgIpc) is 1.96. The van der Waals surface area contributed by atoms with Gasteiger partial charge in [0.2, 0.25) is 5.96 Å². The summed E-state index contributed by atoms with van der Waals surface area (Å²) < 4.78 is 0. The normalized spacial score (nSPS) is 21.2. The van der Waals surface area contributed by atoms with Gasteiger partial charge in [-0.2, -0.15) is 0 Å². The van der Waals surface area contributed by atoms with Gasteiger partial charge < -0.3 is 10.2 Å². The zero-order chi connectivity index (χ0) is 8.27. The van der Waals surface area contributed by atoms with Gasteiger partial charge in [0.15, 0.2) is 0 Å². The van der Waals surface area contributed by atoms with E-state index in [1.165, 1.54) is 0 Å². The van der Waals surface area contributed by atoms with Crippen molar-refractivity contribution in [3.63, 3.8) is 0 Å². The number of rotatable bonds is 1. The number of nitrogens with one attached hydrogen (secondary N) is 2. The minimum Gasteiger partial charge on any atom is -0.350 e.